The maximum absolute atomic E-state index is 12.5. The Hall–Kier alpha value is -3.34. The molecule has 24 heavy (non-hydrogen) atoms. The molecule has 4 aromatic rings. The van der Waals surface area contributed by atoms with Crippen LogP contribution >= 0.6 is 0 Å². The summed E-state index contributed by atoms with van der Waals surface area (Å²) in [5.41, 5.74) is 4.01. The van der Waals surface area contributed by atoms with Gasteiger partial charge in [0.25, 0.3) is 5.56 Å². The lowest BCUT2D eigenvalue weighted by molar-refractivity contribution is 0.746. The quantitative estimate of drug-likeness (QED) is 0.583. The molecule has 116 valence electrons. The van der Waals surface area contributed by atoms with Crippen molar-refractivity contribution in [2.45, 2.75) is 6.54 Å². The zero-order valence-corrected chi connectivity index (χ0v) is 12.8. The standard InChI is InChI=1S/C19H14N4O/c24-19-18-17(7-3-9-21-18)22-13-23(19)12-14-4-1-5-15(10-14)16-6-2-8-20-11-16/h1-11,13H,12H2. The Morgan fingerprint density at radius 3 is 2.67 bits per heavy atom. The van der Waals surface area contributed by atoms with Gasteiger partial charge >= 0.3 is 0 Å². The first-order valence-electron chi connectivity index (χ1n) is 7.61. The Kier molecular flexibility index (Phi) is 3.59. The van der Waals surface area contributed by atoms with E-state index in [4.69, 9.17) is 0 Å². The van der Waals surface area contributed by atoms with E-state index in [1.54, 1.807) is 35.4 Å². The molecule has 0 fully saturated rings. The van der Waals surface area contributed by atoms with Crippen molar-refractivity contribution in [1.82, 2.24) is 19.5 Å². The Balaban J connectivity index is 1.72. The average Bonchev–Trinajstić information content (AvgIpc) is 2.65. The van der Waals surface area contributed by atoms with Crippen LogP contribution in [-0.4, -0.2) is 19.5 Å². The number of pyridine rings is 2. The van der Waals surface area contributed by atoms with Gasteiger partial charge in [0.15, 0.2) is 5.52 Å². The molecule has 4 rings (SSSR count). The van der Waals surface area contributed by atoms with Crippen molar-refractivity contribution in [2.24, 2.45) is 0 Å². The fraction of sp³-hybridized carbons (Fsp3) is 0.0526. The van der Waals surface area contributed by atoms with Crippen molar-refractivity contribution in [3.63, 3.8) is 0 Å². The van der Waals surface area contributed by atoms with Crippen LogP contribution in [0.3, 0.4) is 0 Å². The van der Waals surface area contributed by atoms with Gasteiger partial charge in [-0.1, -0.05) is 24.3 Å². The normalized spacial score (nSPS) is 10.8. The molecule has 0 spiro atoms. The lowest BCUT2D eigenvalue weighted by Crippen LogP contribution is -2.21. The van der Waals surface area contributed by atoms with Gasteiger partial charge in [-0.05, 0) is 41.0 Å². The lowest BCUT2D eigenvalue weighted by atomic mass is 10.0. The highest BCUT2D eigenvalue weighted by Crippen LogP contribution is 2.19. The summed E-state index contributed by atoms with van der Waals surface area (Å²) in [5.74, 6) is 0. The van der Waals surface area contributed by atoms with Gasteiger partial charge < -0.3 is 0 Å². The summed E-state index contributed by atoms with van der Waals surface area (Å²) >= 11 is 0. The average molecular weight is 314 g/mol. The largest absolute Gasteiger partial charge is 0.293 e. The zero-order chi connectivity index (χ0) is 16.4. The predicted molar refractivity (Wildman–Crippen MR) is 92.6 cm³/mol. The van der Waals surface area contributed by atoms with E-state index < -0.39 is 0 Å². The third-order valence-corrected chi connectivity index (χ3v) is 3.86. The zero-order valence-electron chi connectivity index (χ0n) is 12.8. The molecule has 0 saturated heterocycles. The highest BCUT2D eigenvalue weighted by Gasteiger charge is 2.06. The SMILES string of the molecule is O=c1c2ncccc2ncn1Cc1cccc(-c2cccnc2)c1. The number of fused-ring (bicyclic) bond motifs is 1. The second-order valence-electron chi connectivity index (χ2n) is 5.49. The van der Waals surface area contributed by atoms with Crippen LogP contribution in [0.2, 0.25) is 0 Å². The molecule has 1 aromatic carbocycles. The van der Waals surface area contributed by atoms with Crippen LogP contribution < -0.4 is 5.56 Å². The molecule has 0 aliphatic rings. The Bertz CT molecular complexity index is 1060. The highest BCUT2D eigenvalue weighted by atomic mass is 16.1. The third-order valence-electron chi connectivity index (χ3n) is 3.86. The highest BCUT2D eigenvalue weighted by molar-refractivity contribution is 5.72. The molecule has 3 aromatic heterocycles. The van der Waals surface area contributed by atoms with Crippen molar-refractivity contribution in [2.75, 3.05) is 0 Å². The van der Waals surface area contributed by atoms with Gasteiger partial charge in [0.1, 0.15) is 0 Å². The van der Waals surface area contributed by atoms with Gasteiger partial charge in [0, 0.05) is 18.6 Å². The molecule has 5 nitrogen and oxygen atoms in total. The Labute approximate surface area is 138 Å². The van der Waals surface area contributed by atoms with Gasteiger partial charge in [-0.3, -0.25) is 14.3 Å². The summed E-state index contributed by atoms with van der Waals surface area (Å²) in [6, 6.07) is 15.6. The van der Waals surface area contributed by atoms with E-state index in [-0.39, 0.29) is 5.56 Å². The molecule has 0 atom stereocenters. The minimum atomic E-state index is -0.132. The summed E-state index contributed by atoms with van der Waals surface area (Å²) in [5, 5.41) is 0. The van der Waals surface area contributed by atoms with Crippen LogP contribution in [0.5, 0.6) is 0 Å². The number of hydrogen-bond donors (Lipinski definition) is 0. The van der Waals surface area contributed by atoms with Crippen molar-refractivity contribution in [3.05, 3.63) is 89.4 Å². The fourth-order valence-corrected chi connectivity index (χ4v) is 2.68. The van der Waals surface area contributed by atoms with E-state index in [1.807, 2.05) is 36.5 Å². The minimum Gasteiger partial charge on any atom is -0.293 e. The predicted octanol–water partition coefficient (Wildman–Crippen LogP) is 2.90. The van der Waals surface area contributed by atoms with E-state index in [1.165, 1.54) is 0 Å². The lowest BCUT2D eigenvalue weighted by Gasteiger charge is -2.08. The first kappa shape index (κ1) is 14.3. The number of aromatic nitrogens is 4. The molecule has 0 amide bonds. The van der Waals surface area contributed by atoms with E-state index in [0.29, 0.717) is 17.6 Å². The molecular weight excluding hydrogens is 300 g/mol. The van der Waals surface area contributed by atoms with Crippen molar-refractivity contribution in [1.29, 1.82) is 0 Å². The topological polar surface area (TPSA) is 60.7 Å². The van der Waals surface area contributed by atoms with Crippen LogP contribution in [0.25, 0.3) is 22.2 Å². The van der Waals surface area contributed by atoms with Crippen molar-refractivity contribution in [3.8, 4) is 11.1 Å². The maximum Gasteiger partial charge on any atom is 0.280 e. The first-order chi connectivity index (χ1) is 11.8. The number of rotatable bonds is 3. The minimum absolute atomic E-state index is 0.132. The van der Waals surface area contributed by atoms with Gasteiger partial charge in [-0.15, -0.1) is 0 Å². The first-order valence-corrected chi connectivity index (χ1v) is 7.61. The summed E-state index contributed by atoms with van der Waals surface area (Å²) in [4.78, 5) is 25.1. The summed E-state index contributed by atoms with van der Waals surface area (Å²) in [6.07, 6.45) is 6.76. The molecule has 0 saturated carbocycles. The van der Waals surface area contributed by atoms with E-state index in [0.717, 1.165) is 16.7 Å². The van der Waals surface area contributed by atoms with Crippen molar-refractivity contribution < 1.29 is 0 Å². The Morgan fingerprint density at radius 1 is 0.917 bits per heavy atom. The molecule has 3 heterocycles. The number of benzene rings is 1. The molecular formula is C19H14N4O. The Morgan fingerprint density at radius 2 is 1.79 bits per heavy atom. The molecule has 0 bridgehead atoms. The third kappa shape index (κ3) is 2.67. The van der Waals surface area contributed by atoms with Gasteiger partial charge in [0.2, 0.25) is 0 Å². The summed E-state index contributed by atoms with van der Waals surface area (Å²) < 4.78 is 1.58. The smallest absolute Gasteiger partial charge is 0.280 e. The molecule has 0 N–H and O–H groups in total. The van der Waals surface area contributed by atoms with E-state index in [9.17, 15) is 4.79 Å². The van der Waals surface area contributed by atoms with Crippen LogP contribution in [0, 0.1) is 0 Å². The molecule has 0 unspecified atom stereocenters. The van der Waals surface area contributed by atoms with Crippen LogP contribution in [0.4, 0.5) is 0 Å². The molecule has 0 radical (unpaired) electrons. The van der Waals surface area contributed by atoms with E-state index >= 15 is 0 Å². The van der Waals surface area contributed by atoms with Crippen molar-refractivity contribution >= 4 is 11.0 Å². The summed E-state index contributed by atoms with van der Waals surface area (Å²) in [6.45, 7) is 0.451. The van der Waals surface area contributed by atoms with Gasteiger partial charge in [0.05, 0.1) is 18.4 Å². The van der Waals surface area contributed by atoms with Crippen LogP contribution in [0.1, 0.15) is 5.56 Å². The maximum atomic E-state index is 12.5. The number of nitrogens with zero attached hydrogens (tertiary/aromatic N) is 4. The van der Waals surface area contributed by atoms with E-state index in [2.05, 4.69) is 21.0 Å². The van der Waals surface area contributed by atoms with Crippen LogP contribution in [-0.2, 0) is 6.54 Å². The number of hydrogen-bond acceptors (Lipinski definition) is 4. The molecule has 0 aliphatic carbocycles. The second-order valence-corrected chi connectivity index (χ2v) is 5.49. The molecule has 0 aliphatic heterocycles. The van der Waals surface area contributed by atoms with Gasteiger partial charge in [-0.25, -0.2) is 9.97 Å². The molecule has 5 heteroatoms. The monoisotopic (exact) mass is 314 g/mol. The van der Waals surface area contributed by atoms with Gasteiger partial charge in [-0.2, -0.15) is 0 Å². The summed E-state index contributed by atoms with van der Waals surface area (Å²) in [7, 11) is 0. The fourth-order valence-electron chi connectivity index (χ4n) is 2.68. The second kappa shape index (κ2) is 6.04. The van der Waals surface area contributed by atoms with Crippen LogP contribution in [0.15, 0.2) is 78.2 Å².